The molecule has 1 aliphatic carbocycles. The van der Waals surface area contributed by atoms with Gasteiger partial charge in [0.25, 0.3) is 5.91 Å². The van der Waals surface area contributed by atoms with Gasteiger partial charge in [-0.25, -0.2) is 4.79 Å². The zero-order chi connectivity index (χ0) is 20.0. The van der Waals surface area contributed by atoms with Crippen molar-refractivity contribution in [3.05, 3.63) is 23.8 Å². The molecule has 0 saturated heterocycles. The molecular formula is C21H31NO5. The number of methoxy groups -OCH3 is 1. The Bertz CT molecular complexity index is 671. The molecule has 6 heteroatoms. The largest absolute Gasteiger partial charge is 0.490 e. The summed E-state index contributed by atoms with van der Waals surface area (Å²) < 4.78 is 16.6. The summed E-state index contributed by atoms with van der Waals surface area (Å²) in [5.41, 5.74) is -0.0464. The maximum absolute atomic E-state index is 12.9. The second-order valence-corrected chi connectivity index (χ2v) is 7.22. The number of nitrogens with one attached hydrogen (secondary N) is 1. The van der Waals surface area contributed by atoms with E-state index < -0.39 is 11.6 Å². The van der Waals surface area contributed by atoms with E-state index in [0.717, 1.165) is 25.7 Å². The van der Waals surface area contributed by atoms with Gasteiger partial charge >= 0.3 is 5.97 Å². The molecule has 150 valence electrons. The van der Waals surface area contributed by atoms with Gasteiger partial charge in [-0.15, -0.1) is 0 Å². The minimum Gasteiger partial charge on any atom is -0.490 e. The zero-order valence-electron chi connectivity index (χ0n) is 17.0. The van der Waals surface area contributed by atoms with Gasteiger partial charge in [0.05, 0.1) is 13.2 Å². The quantitative estimate of drug-likeness (QED) is 0.619. The average Bonchev–Trinajstić information content (AvgIpc) is 3.52. The standard InChI is InChI=1S/C21H31NO5/c1-6-12-26-21(4,15-8-9-15)20(24)22-16-10-11-18(27-14(3)7-2)17(13-16)19(23)25-5/h10-11,13-15H,6-9,12H2,1-5H3,(H,22,24)/t14-,21+/m0/s1. The van der Waals surface area contributed by atoms with E-state index in [4.69, 9.17) is 14.2 Å². The van der Waals surface area contributed by atoms with Crippen molar-refractivity contribution in [1.82, 2.24) is 0 Å². The number of carbonyl (C=O) groups is 2. The molecule has 0 aliphatic heterocycles. The summed E-state index contributed by atoms with van der Waals surface area (Å²) in [6.07, 6.45) is 3.61. The van der Waals surface area contributed by atoms with Gasteiger partial charge in [-0.1, -0.05) is 13.8 Å². The van der Waals surface area contributed by atoms with E-state index in [9.17, 15) is 9.59 Å². The Morgan fingerprint density at radius 3 is 2.56 bits per heavy atom. The highest BCUT2D eigenvalue weighted by Crippen LogP contribution is 2.42. The molecule has 6 nitrogen and oxygen atoms in total. The van der Waals surface area contributed by atoms with E-state index in [0.29, 0.717) is 23.6 Å². The molecule has 27 heavy (non-hydrogen) atoms. The Morgan fingerprint density at radius 2 is 2.00 bits per heavy atom. The number of carbonyl (C=O) groups excluding carboxylic acids is 2. The molecule has 0 unspecified atom stereocenters. The molecule has 1 saturated carbocycles. The molecule has 1 aromatic rings. The van der Waals surface area contributed by atoms with Crippen LogP contribution in [0.5, 0.6) is 5.75 Å². The number of ether oxygens (including phenoxy) is 3. The van der Waals surface area contributed by atoms with E-state index in [1.807, 2.05) is 27.7 Å². The Balaban J connectivity index is 2.22. The third-order valence-corrected chi connectivity index (χ3v) is 4.96. The van der Waals surface area contributed by atoms with Gasteiger partial charge in [0, 0.05) is 12.3 Å². The highest BCUT2D eigenvalue weighted by atomic mass is 16.5. The third-order valence-electron chi connectivity index (χ3n) is 4.96. The molecule has 1 fully saturated rings. The van der Waals surface area contributed by atoms with Crippen molar-refractivity contribution < 1.29 is 23.8 Å². The summed E-state index contributed by atoms with van der Waals surface area (Å²) in [6, 6.07) is 5.01. The number of rotatable bonds is 10. The number of benzene rings is 1. The van der Waals surface area contributed by atoms with Crippen LogP contribution in [0.25, 0.3) is 0 Å². The van der Waals surface area contributed by atoms with Crippen molar-refractivity contribution in [3.63, 3.8) is 0 Å². The van der Waals surface area contributed by atoms with Crippen molar-refractivity contribution in [3.8, 4) is 5.75 Å². The third kappa shape index (κ3) is 5.22. The minimum atomic E-state index is -0.854. The first-order chi connectivity index (χ1) is 12.8. The lowest BCUT2D eigenvalue weighted by atomic mass is 9.98. The van der Waals surface area contributed by atoms with Gasteiger partial charge in [-0.3, -0.25) is 4.79 Å². The summed E-state index contributed by atoms with van der Waals surface area (Å²) in [5, 5.41) is 2.90. The van der Waals surface area contributed by atoms with Crippen LogP contribution in [0.3, 0.4) is 0 Å². The summed E-state index contributed by atoms with van der Waals surface area (Å²) in [7, 11) is 1.32. The molecule has 0 heterocycles. The molecule has 0 aromatic heterocycles. The number of hydrogen-bond donors (Lipinski definition) is 1. The van der Waals surface area contributed by atoms with Gasteiger partial charge in [-0.05, 0) is 63.6 Å². The van der Waals surface area contributed by atoms with Gasteiger partial charge in [0.15, 0.2) is 0 Å². The predicted molar refractivity (Wildman–Crippen MR) is 104 cm³/mol. The maximum atomic E-state index is 12.9. The lowest BCUT2D eigenvalue weighted by Crippen LogP contribution is -2.45. The van der Waals surface area contributed by atoms with Crippen LogP contribution in [0.4, 0.5) is 5.69 Å². The Morgan fingerprint density at radius 1 is 1.30 bits per heavy atom. The molecule has 2 atom stereocenters. The summed E-state index contributed by atoms with van der Waals surface area (Å²) >= 11 is 0. The van der Waals surface area contributed by atoms with Gasteiger partial charge in [0.1, 0.15) is 16.9 Å². The fourth-order valence-corrected chi connectivity index (χ4v) is 2.85. The molecule has 0 radical (unpaired) electrons. The second kappa shape index (κ2) is 9.22. The van der Waals surface area contributed by atoms with E-state index in [1.165, 1.54) is 7.11 Å². The summed E-state index contributed by atoms with van der Waals surface area (Å²) in [5.74, 6) is -0.0139. The number of hydrogen-bond acceptors (Lipinski definition) is 5. The lowest BCUT2D eigenvalue weighted by molar-refractivity contribution is -0.142. The van der Waals surface area contributed by atoms with E-state index in [2.05, 4.69) is 5.32 Å². The van der Waals surface area contributed by atoms with Crippen molar-refractivity contribution in [2.75, 3.05) is 19.0 Å². The maximum Gasteiger partial charge on any atom is 0.341 e. The molecular weight excluding hydrogens is 346 g/mol. The first-order valence-corrected chi connectivity index (χ1v) is 9.70. The monoisotopic (exact) mass is 377 g/mol. The highest BCUT2D eigenvalue weighted by Gasteiger charge is 2.48. The molecule has 1 amide bonds. The first kappa shape index (κ1) is 21.2. The van der Waals surface area contributed by atoms with Gasteiger partial charge < -0.3 is 19.5 Å². The van der Waals surface area contributed by atoms with Crippen LogP contribution in [0.2, 0.25) is 0 Å². The van der Waals surface area contributed by atoms with Crippen molar-refractivity contribution in [1.29, 1.82) is 0 Å². The minimum absolute atomic E-state index is 0.0329. The van der Waals surface area contributed by atoms with Crippen LogP contribution < -0.4 is 10.1 Å². The highest BCUT2D eigenvalue weighted by molar-refractivity contribution is 6.00. The fraction of sp³-hybridized carbons (Fsp3) is 0.619. The molecule has 1 aliphatic rings. The zero-order valence-corrected chi connectivity index (χ0v) is 17.0. The normalized spacial score (nSPS) is 16.9. The SMILES string of the molecule is CCCO[C@@](C)(C(=O)Nc1ccc(O[C@@H](C)CC)c(C(=O)OC)c1)C1CC1. The van der Waals surface area contributed by atoms with Crippen LogP contribution in [0.15, 0.2) is 18.2 Å². The fourth-order valence-electron chi connectivity index (χ4n) is 2.85. The molecule has 1 N–H and O–H groups in total. The molecule has 2 rings (SSSR count). The number of esters is 1. The number of amides is 1. The first-order valence-electron chi connectivity index (χ1n) is 9.70. The van der Waals surface area contributed by atoms with Crippen LogP contribution in [0, 0.1) is 5.92 Å². The summed E-state index contributed by atoms with van der Waals surface area (Å²) in [4.78, 5) is 25.1. The van der Waals surface area contributed by atoms with E-state index >= 15 is 0 Å². The topological polar surface area (TPSA) is 73.9 Å². The number of anilines is 1. The summed E-state index contributed by atoms with van der Waals surface area (Å²) in [6.45, 7) is 8.34. The van der Waals surface area contributed by atoms with Crippen molar-refractivity contribution >= 4 is 17.6 Å². The second-order valence-electron chi connectivity index (χ2n) is 7.22. The van der Waals surface area contributed by atoms with Crippen LogP contribution in [-0.2, 0) is 14.3 Å². The Labute approximate surface area is 161 Å². The predicted octanol–water partition coefficient (Wildman–Crippen LogP) is 4.18. The van der Waals surface area contributed by atoms with Crippen LogP contribution in [0.1, 0.15) is 63.7 Å². The lowest BCUT2D eigenvalue weighted by Gasteiger charge is -2.28. The van der Waals surface area contributed by atoms with Gasteiger partial charge in [0.2, 0.25) is 0 Å². The van der Waals surface area contributed by atoms with E-state index in [-0.39, 0.29) is 17.9 Å². The molecule has 0 spiro atoms. The van der Waals surface area contributed by atoms with Crippen LogP contribution >= 0.6 is 0 Å². The Kier molecular flexibility index (Phi) is 7.25. The van der Waals surface area contributed by atoms with Crippen molar-refractivity contribution in [2.24, 2.45) is 5.92 Å². The average molecular weight is 377 g/mol. The van der Waals surface area contributed by atoms with E-state index in [1.54, 1.807) is 18.2 Å². The molecule has 1 aromatic carbocycles. The van der Waals surface area contributed by atoms with Crippen molar-refractivity contribution in [2.45, 2.75) is 65.1 Å². The Hall–Kier alpha value is -2.08. The van der Waals surface area contributed by atoms with Crippen LogP contribution in [-0.4, -0.2) is 37.3 Å². The smallest absolute Gasteiger partial charge is 0.341 e. The van der Waals surface area contributed by atoms with Gasteiger partial charge in [-0.2, -0.15) is 0 Å². The molecule has 0 bridgehead atoms.